The van der Waals surface area contributed by atoms with Crippen molar-refractivity contribution in [3.63, 3.8) is 0 Å². The summed E-state index contributed by atoms with van der Waals surface area (Å²) < 4.78 is 0. The standard InChI is InChI=1S/C16H20N2O2/c1-11-2-4-12(5-3-11)9-17-16(20)13-8-15(19)18(10-13)14-6-7-14/h2-5,13-14H,6-10H2,1H3,(H,17,20). The Morgan fingerprint density at radius 1 is 1.30 bits per heavy atom. The quantitative estimate of drug-likeness (QED) is 0.905. The number of hydrogen-bond acceptors (Lipinski definition) is 2. The summed E-state index contributed by atoms with van der Waals surface area (Å²) in [5, 5.41) is 2.94. The van der Waals surface area contributed by atoms with E-state index in [1.807, 2.05) is 36.1 Å². The van der Waals surface area contributed by atoms with Crippen molar-refractivity contribution in [3.8, 4) is 0 Å². The van der Waals surface area contributed by atoms with E-state index in [0.29, 0.717) is 25.6 Å². The van der Waals surface area contributed by atoms with E-state index in [-0.39, 0.29) is 17.7 Å². The van der Waals surface area contributed by atoms with Crippen LogP contribution in [0.15, 0.2) is 24.3 Å². The highest BCUT2D eigenvalue weighted by atomic mass is 16.2. The van der Waals surface area contributed by atoms with Crippen LogP contribution in [0, 0.1) is 12.8 Å². The number of nitrogens with one attached hydrogen (secondary N) is 1. The molecule has 1 N–H and O–H groups in total. The Labute approximate surface area is 119 Å². The first-order valence-electron chi connectivity index (χ1n) is 7.26. The Kier molecular flexibility index (Phi) is 3.47. The van der Waals surface area contributed by atoms with E-state index < -0.39 is 0 Å². The van der Waals surface area contributed by atoms with Gasteiger partial charge < -0.3 is 10.2 Å². The number of aryl methyl sites for hydroxylation is 1. The van der Waals surface area contributed by atoms with E-state index in [9.17, 15) is 9.59 Å². The second-order valence-electron chi connectivity index (χ2n) is 5.88. The first-order valence-corrected chi connectivity index (χ1v) is 7.26. The van der Waals surface area contributed by atoms with E-state index >= 15 is 0 Å². The van der Waals surface area contributed by atoms with Gasteiger partial charge in [0, 0.05) is 25.6 Å². The molecule has 20 heavy (non-hydrogen) atoms. The van der Waals surface area contributed by atoms with Crippen LogP contribution in [-0.2, 0) is 16.1 Å². The molecule has 1 saturated heterocycles. The molecule has 0 radical (unpaired) electrons. The summed E-state index contributed by atoms with van der Waals surface area (Å²) in [7, 11) is 0. The third kappa shape index (κ3) is 2.84. The highest BCUT2D eigenvalue weighted by Crippen LogP contribution is 2.32. The first kappa shape index (κ1) is 13.2. The molecular weight excluding hydrogens is 252 g/mol. The van der Waals surface area contributed by atoms with Gasteiger partial charge in [-0.2, -0.15) is 0 Å². The predicted octanol–water partition coefficient (Wildman–Crippen LogP) is 1.62. The minimum atomic E-state index is -0.173. The number of carbonyl (C=O) groups excluding carboxylic acids is 2. The lowest BCUT2D eigenvalue weighted by atomic mass is 10.1. The zero-order chi connectivity index (χ0) is 14.1. The summed E-state index contributed by atoms with van der Waals surface area (Å²) in [4.78, 5) is 25.8. The molecular formula is C16H20N2O2. The van der Waals surface area contributed by atoms with Crippen LogP contribution in [0.2, 0.25) is 0 Å². The molecule has 2 fully saturated rings. The summed E-state index contributed by atoms with van der Waals surface area (Å²) in [5.41, 5.74) is 2.30. The molecule has 1 unspecified atom stereocenters. The van der Waals surface area contributed by atoms with E-state index in [2.05, 4.69) is 5.32 Å². The number of likely N-dealkylation sites (tertiary alicyclic amines) is 1. The number of carbonyl (C=O) groups is 2. The fourth-order valence-corrected chi connectivity index (χ4v) is 2.69. The average molecular weight is 272 g/mol. The van der Waals surface area contributed by atoms with Crippen molar-refractivity contribution in [3.05, 3.63) is 35.4 Å². The van der Waals surface area contributed by atoms with Gasteiger partial charge in [0.2, 0.25) is 11.8 Å². The summed E-state index contributed by atoms with van der Waals surface area (Å²) in [6.07, 6.45) is 2.57. The summed E-state index contributed by atoms with van der Waals surface area (Å²) in [6.45, 7) is 3.18. The van der Waals surface area contributed by atoms with Crippen LogP contribution in [-0.4, -0.2) is 29.3 Å². The van der Waals surface area contributed by atoms with Crippen molar-refractivity contribution >= 4 is 11.8 Å². The maximum atomic E-state index is 12.1. The summed E-state index contributed by atoms with van der Waals surface area (Å²) in [6, 6.07) is 8.53. The number of hydrogen-bond donors (Lipinski definition) is 1. The Bertz CT molecular complexity index is 520. The third-order valence-electron chi connectivity index (χ3n) is 4.10. The molecule has 1 aliphatic carbocycles. The number of rotatable bonds is 4. The molecule has 4 nitrogen and oxygen atoms in total. The maximum Gasteiger partial charge on any atom is 0.225 e. The van der Waals surface area contributed by atoms with Crippen LogP contribution in [0.4, 0.5) is 0 Å². The average Bonchev–Trinajstić information content (AvgIpc) is 3.21. The van der Waals surface area contributed by atoms with Gasteiger partial charge in [-0.1, -0.05) is 29.8 Å². The molecule has 2 amide bonds. The van der Waals surface area contributed by atoms with Crippen molar-refractivity contribution < 1.29 is 9.59 Å². The Hall–Kier alpha value is -1.84. The molecule has 1 aliphatic heterocycles. The van der Waals surface area contributed by atoms with Crippen LogP contribution in [0.3, 0.4) is 0 Å². The van der Waals surface area contributed by atoms with Crippen molar-refractivity contribution in [2.45, 2.75) is 38.8 Å². The van der Waals surface area contributed by atoms with E-state index in [4.69, 9.17) is 0 Å². The van der Waals surface area contributed by atoms with Crippen LogP contribution in [0.5, 0.6) is 0 Å². The van der Waals surface area contributed by atoms with Gasteiger partial charge in [0.25, 0.3) is 0 Å². The fourth-order valence-electron chi connectivity index (χ4n) is 2.69. The molecule has 0 bridgehead atoms. The molecule has 0 aromatic heterocycles. The van der Waals surface area contributed by atoms with Crippen LogP contribution < -0.4 is 5.32 Å². The fraction of sp³-hybridized carbons (Fsp3) is 0.500. The lowest BCUT2D eigenvalue weighted by Crippen LogP contribution is -2.33. The van der Waals surface area contributed by atoms with Gasteiger partial charge in [0.05, 0.1) is 5.92 Å². The van der Waals surface area contributed by atoms with Crippen molar-refractivity contribution in [1.82, 2.24) is 10.2 Å². The first-order chi connectivity index (χ1) is 9.63. The molecule has 3 rings (SSSR count). The Morgan fingerprint density at radius 2 is 2.00 bits per heavy atom. The van der Waals surface area contributed by atoms with Gasteiger partial charge >= 0.3 is 0 Å². The molecule has 106 valence electrons. The van der Waals surface area contributed by atoms with E-state index in [1.165, 1.54) is 5.56 Å². The second kappa shape index (κ2) is 5.27. The maximum absolute atomic E-state index is 12.1. The lowest BCUT2D eigenvalue weighted by Gasteiger charge is -2.15. The molecule has 1 aromatic carbocycles. The molecule has 0 spiro atoms. The zero-order valence-electron chi connectivity index (χ0n) is 11.8. The van der Waals surface area contributed by atoms with Crippen LogP contribution >= 0.6 is 0 Å². The number of amides is 2. The highest BCUT2D eigenvalue weighted by molar-refractivity contribution is 5.89. The number of benzene rings is 1. The zero-order valence-corrected chi connectivity index (χ0v) is 11.8. The van der Waals surface area contributed by atoms with Gasteiger partial charge in [0.15, 0.2) is 0 Å². The van der Waals surface area contributed by atoms with Crippen molar-refractivity contribution in [1.29, 1.82) is 0 Å². The van der Waals surface area contributed by atoms with Gasteiger partial charge in [-0.25, -0.2) is 0 Å². The Balaban J connectivity index is 1.52. The Morgan fingerprint density at radius 3 is 2.65 bits per heavy atom. The molecule has 4 heteroatoms. The van der Waals surface area contributed by atoms with Crippen LogP contribution in [0.1, 0.15) is 30.4 Å². The summed E-state index contributed by atoms with van der Waals surface area (Å²) in [5.74, 6) is -0.0291. The van der Waals surface area contributed by atoms with Gasteiger partial charge in [-0.3, -0.25) is 9.59 Å². The minimum Gasteiger partial charge on any atom is -0.352 e. The molecule has 1 heterocycles. The van der Waals surface area contributed by atoms with Crippen molar-refractivity contribution in [2.75, 3.05) is 6.54 Å². The normalized spacial score (nSPS) is 22.1. The van der Waals surface area contributed by atoms with E-state index in [0.717, 1.165) is 18.4 Å². The SMILES string of the molecule is Cc1ccc(CNC(=O)C2CC(=O)N(C3CC3)C2)cc1. The molecule has 1 saturated carbocycles. The topological polar surface area (TPSA) is 49.4 Å². The van der Waals surface area contributed by atoms with Gasteiger partial charge in [0.1, 0.15) is 0 Å². The summed E-state index contributed by atoms with van der Waals surface area (Å²) >= 11 is 0. The molecule has 1 atom stereocenters. The smallest absolute Gasteiger partial charge is 0.225 e. The highest BCUT2D eigenvalue weighted by Gasteiger charge is 2.41. The van der Waals surface area contributed by atoms with Gasteiger partial charge in [-0.05, 0) is 25.3 Å². The predicted molar refractivity (Wildman–Crippen MR) is 75.9 cm³/mol. The number of nitrogens with zero attached hydrogens (tertiary/aromatic N) is 1. The molecule has 1 aromatic rings. The van der Waals surface area contributed by atoms with Crippen LogP contribution in [0.25, 0.3) is 0 Å². The lowest BCUT2D eigenvalue weighted by molar-refractivity contribution is -0.129. The third-order valence-corrected chi connectivity index (χ3v) is 4.10. The second-order valence-corrected chi connectivity index (χ2v) is 5.88. The minimum absolute atomic E-state index is 0.00192. The van der Waals surface area contributed by atoms with Crippen molar-refractivity contribution in [2.24, 2.45) is 5.92 Å². The van der Waals surface area contributed by atoms with E-state index in [1.54, 1.807) is 0 Å². The van der Waals surface area contributed by atoms with Gasteiger partial charge in [-0.15, -0.1) is 0 Å². The largest absolute Gasteiger partial charge is 0.352 e. The molecule has 2 aliphatic rings. The monoisotopic (exact) mass is 272 g/mol.